The summed E-state index contributed by atoms with van der Waals surface area (Å²) in [5.41, 5.74) is 0.486. The van der Waals surface area contributed by atoms with Crippen LogP contribution in [0.4, 0.5) is 17.6 Å². The van der Waals surface area contributed by atoms with Crippen molar-refractivity contribution in [2.75, 3.05) is 0 Å². The van der Waals surface area contributed by atoms with Crippen LogP contribution >= 0.6 is 0 Å². The van der Waals surface area contributed by atoms with E-state index in [1.54, 1.807) is 5.43 Å². The van der Waals surface area contributed by atoms with E-state index < -0.39 is 23.5 Å². The molecule has 19 heavy (non-hydrogen) atoms. The van der Waals surface area contributed by atoms with Gasteiger partial charge in [0.2, 0.25) is 0 Å². The molecule has 0 aromatic heterocycles. The Morgan fingerprint density at radius 2 is 2.00 bits per heavy atom. The quantitative estimate of drug-likeness (QED) is 0.256. The first-order valence-corrected chi connectivity index (χ1v) is 5.05. The van der Waals surface area contributed by atoms with Crippen molar-refractivity contribution in [1.29, 1.82) is 0 Å². The molecule has 4 nitrogen and oxygen atoms in total. The first-order chi connectivity index (χ1) is 8.75. The molecule has 0 aliphatic carbocycles. The molecule has 0 heterocycles. The Hall–Kier alpha value is -2.09. The van der Waals surface area contributed by atoms with E-state index in [4.69, 9.17) is 5.84 Å². The van der Waals surface area contributed by atoms with Crippen LogP contribution in [0.1, 0.15) is 11.1 Å². The number of carbonyl (C=O) groups is 1. The number of hydrazine groups is 1. The SMILES string of the molecule is C=C(NCc1ccc(F)c(C(F)(F)F)c1)C(=O)NN. The van der Waals surface area contributed by atoms with Crippen molar-refractivity contribution >= 4 is 5.91 Å². The fourth-order valence-electron chi connectivity index (χ4n) is 1.28. The van der Waals surface area contributed by atoms with Gasteiger partial charge in [-0.25, -0.2) is 10.2 Å². The molecular weight excluding hydrogens is 266 g/mol. The number of hydrogen-bond donors (Lipinski definition) is 3. The first kappa shape index (κ1) is 15.0. The summed E-state index contributed by atoms with van der Waals surface area (Å²) in [7, 11) is 0. The van der Waals surface area contributed by atoms with Crippen LogP contribution in [0.2, 0.25) is 0 Å². The topological polar surface area (TPSA) is 67.2 Å². The molecule has 8 heteroatoms. The second kappa shape index (κ2) is 5.70. The molecule has 1 rings (SSSR count). The van der Waals surface area contributed by atoms with Gasteiger partial charge < -0.3 is 5.32 Å². The van der Waals surface area contributed by atoms with Gasteiger partial charge in [0.05, 0.1) is 11.3 Å². The van der Waals surface area contributed by atoms with E-state index in [0.717, 1.165) is 0 Å². The Kier molecular flexibility index (Phi) is 4.49. The van der Waals surface area contributed by atoms with Crippen molar-refractivity contribution in [3.05, 3.63) is 47.4 Å². The summed E-state index contributed by atoms with van der Waals surface area (Å²) in [5.74, 6) is 2.80. The summed E-state index contributed by atoms with van der Waals surface area (Å²) in [6, 6.07) is 2.55. The van der Waals surface area contributed by atoms with Gasteiger partial charge in [0.15, 0.2) is 0 Å². The van der Waals surface area contributed by atoms with Gasteiger partial charge in [-0.2, -0.15) is 13.2 Å². The summed E-state index contributed by atoms with van der Waals surface area (Å²) in [6.07, 6.45) is -4.77. The third-order valence-corrected chi connectivity index (χ3v) is 2.25. The summed E-state index contributed by atoms with van der Waals surface area (Å²) >= 11 is 0. The lowest BCUT2D eigenvalue weighted by molar-refractivity contribution is -0.140. The number of nitrogens with two attached hydrogens (primary N) is 1. The van der Waals surface area contributed by atoms with Gasteiger partial charge in [0.25, 0.3) is 5.91 Å². The highest BCUT2D eigenvalue weighted by atomic mass is 19.4. The first-order valence-electron chi connectivity index (χ1n) is 5.05. The molecule has 0 aliphatic heterocycles. The van der Waals surface area contributed by atoms with Gasteiger partial charge in [-0.3, -0.25) is 10.2 Å². The van der Waals surface area contributed by atoms with Crippen LogP contribution in [-0.4, -0.2) is 5.91 Å². The van der Waals surface area contributed by atoms with E-state index in [-0.39, 0.29) is 17.8 Å². The minimum atomic E-state index is -4.77. The van der Waals surface area contributed by atoms with Gasteiger partial charge in [0.1, 0.15) is 5.82 Å². The van der Waals surface area contributed by atoms with Crippen LogP contribution in [0.25, 0.3) is 0 Å². The van der Waals surface area contributed by atoms with Crippen LogP contribution < -0.4 is 16.6 Å². The third kappa shape index (κ3) is 3.95. The second-order valence-corrected chi connectivity index (χ2v) is 3.62. The highest BCUT2D eigenvalue weighted by Gasteiger charge is 2.34. The standard InChI is InChI=1S/C11H11F4N3O/c1-6(10(19)18-16)17-5-7-2-3-9(12)8(4-7)11(13,14)15/h2-4,17H,1,5,16H2,(H,18,19). The van der Waals surface area contributed by atoms with Crippen molar-refractivity contribution in [3.8, 4) is 0 Å². The third-order valence-electron chi connectivity index (χ3n) is 2.25. The Bertz CT molecular complexity index is 499. The van der Waals surface area contributed by atoms with Crippen LogP contribution in [0.15, 0.2) is 30.5 Å². The fourth-order valence-corrected chi connectivity index (χ4v) is 1.28. The summed E-state index contributed by atoms with van der Waals surface area (Å²) in [6.45, 7) is 3.21. The number of rotatable bonds is 4. The highest BCUT2D eigenvalue weighted by Crippen LogP contribution is 2.31. The van der Waals surface area contributed by atoms with Crippen molar-refractivity contribution < 1.29 is 22.4 Å². The van der Waals surface area contributed by atoms with Crippen LogP contribution in [-0.2, 0) is 17.5 Å². The molecule has 0 saturated heterocycles. The van der Waals surface area contributed by atoms with Crippen LogP contribution in [0.3, 0.4) is 0 Å². The Morgan fingerprint density at radius 1 is 1.37 bits per heavy atom. The van der Waals surface area contributed by atoms with Crippen molar-refractivity contribution in [2.45, 2.75) is 12.7 Å². The molecule has 0 atom stereocenters. The zero-order valence-electron chi connectivity index (χ0n) is 9.64. The van der Waals surface area contributed by atoms with Crippen molar-refractivity contribution in [2.24, 2.45) is 5.84 Å². The molecule has 1 amide bonds. The average Bonchev–Trinajstić information content (AvgIpc) is 2.35. The Labute approximate surface area is 106 Å². The summed E-state index contributed by atoms with van der Waals surface area (Å²) < 4.78 is 50.4. The van der Waals surface area contributed by atoms with Crippen LogP contribution in [0, 0.1) is 5.82 Å². The van der Waals surface area contributed by atoms with E-state index in [1.807, 2.05) is 0 Å². The molecule has 1 aromatic carbocycles. The molecule has 104 valence electrons. The molecule has 0 bridgehead atoms. The fraction of sp³-hybridized carbons (Fsp3) is 0.182. The predicted molar refractivity (Wildman–Crippen MR) is 59.7 cm³/mol. The molecule has 4 N–H and O–H groups in total. The zero-order chi connectivity index (χ0) is 14.6. The second-order valence-electron chi connectivity index (χ2n) is 3.62. The molecule has 0 saturated carbocycles. The number of nitrogens with one attached hydrogen (secondary N) is 2. The number of carbonyl (C=O) groups excluding carboxylic acids is 1. The maximum Gasteiger partial charge on any atom is 0.419 e. The van der Waals surface area contributed by atoms with E-state index in [1.165, 1.54) is 6.07 Å². The van der Waals surface area contributed by atoms with Gasteiger partial charge in [0, 0.05) is 6.54 Å². The minimum absolute atomic E-state index is 0.111. The number of hydrogen-bond acceptors (Lipinski definition) is 3. The normalized spacial score (nSPS) is 11.0. The number of amides is 1. The van der Waals surface area contributed by atoms with Gasteiger partial charge in [-0.05, 0) is 17.7 Å². The Morgan fingerprint density at radius 3 is 2.53 bits per heavy atom. The van der Waals surface area contributed by atoms with E-state index >= 15 is 0 Å². The minimum Gasteiger partial charge on any atom is -0.377 e. The number of benzene rings is 1. The Balaban J connectivity index is 2.81. The predicted octanol–water partition coefficient (Wildman–Crippen LogP) is 1.44. The van der Waals surface area contributed by atoms with E-state index in [0.29, 0.717) is 12.1 Å². The molecule has 0 unspecified atom stereocenters. The van der Waals surface area contributed by atoms with Gasteiger partial charge in [-0.1, -0.05) is 12.6 Å². The number of halogens is 4. The average molecular weight is 277 g/mol. The lowest BCUT2D eigenvalue weighted by Crippen LogP contribution is -2.35. The molecular formula is C11H11F4N3O. The van der Waals surface area contributed by atoms with Gasteiger partial charge >= 0.3 is 6.18 Å². The lowest BCUT2D eigenvalue weighted by Gasteiger charge is -2.11. The monoisotopic (exact) mass is 277 g/mol. The molecule has 0 radical (unpaired) electrons. The zero-order valence-corrected chi connectivity index (χ0v) is 9.64. The maximum absolute atomic E-state index is 13.0. The highest BCUT2D eigenvalue weighted by molar-refractivity contribution is 5.91. The largest absolute Gasteiger partial charge is 0.419 e. The summed E-state index contributed by atoms with van der Waals surface area (Å²) in [5, 5.41) is 2.47. The molecule has 0 spiro atoms. The molecule has 1 aromatic rings. The van der Waals surface area contributed by atoms with E-state index in [2.05, 4.69) is 11.9 Å². The molecule has 0 aliphatic rings. The smallest absolute Gasteiger partial charge is 0.377 e. The molecule has 0 fully saturated rings. The lowest BCUT2D eigenvalue weighted by atomic mass is 10.1. The van der Waals surface area contributed by atoms with Crippen molar-refractivity contribution in [1.82, 2.24) is 10.7 Å². The summed E-state index contributed by atoms with van der Waals surface area (Å²) in [4.78, 5) is 11.0. The maximum atomic E-state index is 13.0. The van der Waals surface area contributed by atoms with Crippen molar-refractivity contribution in [3.63, 3.8) is 0 Å². The number of alkyl halides is 3. The van der Waals surface area contributed by atoms with Crippen LogP contribution in [0.5, 0.6) is 0 Å². The van der Waals surface area contributed by atoms with E-state index in [9.17, 15) is 22.4 Å². The van der Waals surface area contributed by atoms with Gasteiger partial charge in [-0.15, -0.1) is 0 Å².